The van der Waals surface area contributed by atoms with Gasteiger partial charge in [0.25, 0.3) is 0 Å². The van der Waals surface area contributed by atoms with Crippen LogP contribution in [0.4, 0.5) is 0 Å². The lowest BCUT2D eigenvalue weighted by Gasteiger charge is -2.07. The van der Waals surface area contributed by atoms with Crippen molar-refractivity contribution in [3.05, 3.63) is 29.3 Å². The standard InChI is InChI=1S/C13H14O3/c14-12-6-3-9-7-10(4-5-11(9)12)16-13(15)8-1-2-8/h4-5,7-8,12,14H,1-3,6H2. The summed E-state index contributed by atoms with van der Waals surface area (Å²) in [5.74, 6) is 0.627. The fraction of sp³-hybridized carbons (Fsp3) is 0.462. The zero-order chi connectivity index (χ0) is 11.1. The molecule has 0 amide bonds. The van der Waals surface area contributed by atoms with E-state index in [9.17, 15) is 9.90 Å². The smallest absolute Gasteiger partial charge is 0.314 e. The van der Waals surface area contributed by atoms with Gasteiger partial charge >= 0.3 is 5.97 Å². The van der Waals surface area contributed by atoms with Crippen LogP contribution in [0.2, 0.25) is 0 Å². The van der Waals surface area contributed by atoms with E-state index in [2.05, 4.69) is 0 Å². The first-order valence-electron chi connectivity index (χ1n) is 5.76. The predicted molar refractivity (Wildman–Crippen MR) is 58.1 cm³/mol. The minimum absolute atomic E-state index is 0.113. The zero-order valence-corrected chi connectivity index (χ0v) is 8.98. The maximum absolute atomic E-state index is 11.5. The van der Waals surface area contributed by atoms with Crippen molar-refractivity contribution in [2.75, 3.05) is 0 Å². The lowest BCUT2D eigenvalue weighted by Crippen LogP contribution is -2.09. The van der Waals surface area contributed by atoms with Crippen molar-refractivity contribution >= 4 is 5.97 Å². The second kappa shape index (κ2) is 3.59. The minimum atomic E-state index is -0.344. The first kappa shape index (κ1) is 9.85. The van der Waals surface area contributed by atoms with Crippen molar-refractivity contribution < 1.29 is 14.6 Å². The van der Waals surface area contributed by atoms with Crippen molar-refractivity contribution in [2.24, 2.45) is 5.92 Å². The van der Waals surface area contributed by atoms with E-state index in [1.165, 1.54) is 0 Å². The maximum Gasteiger partial charge on any atom is 0.314 e. The summed E-state index contributed by atoms with van der Waals surface area (Å²) in [5, 5.41) is 9.64. The van der Waals surface area contributed by atoms with Gasteiger partial charge < -0.3 is 9.84 Å². The highest BCUT2D eigenvalue weighted by Crippen LogP contribution is 2.35. The van der Waals surface area contributed by atoms with E-state index in [-0.39, 0.29) is 18.0 Å². The fourth-order valence-corrected chi connectivity index (χ4v) is 2.15. The summed E-state index contributed by atoms with van der Waals surface area (Å²) >= 11 is 0. The van der Waals surface area contributed by atoms with E-state index >= 15 is 0 Å². The van der Waals surface area contributed by atoms with Gasteiger partial charge in [-0.3, -0.25) is 4.79 Å². The molecule has 2 aliphatic rings. The van der Waals surface area contributed by atoms with Gasteiger partial charge in [-0.1, -0.05) is 6.07 Å². The summed E-state index contributed by atoms with van der Waals surface area (Å²) in [4.78, 5) is 11.5. The Labute approximate surface area is 94.0 Å². The topological polar surface area (TPSA) is 46.5 Å². The summed E-state index contributed by atoms with van der Waals surface area (Å²) in [6, 6.07) is 5.52. The molecule has 1 saturated carbocycles. The van der Waals surface area contributed by atoms with Crippen LogP contribution in [0.5, 0.6) is 5.75 Å². The van der Waals surface area contributed by atoms with Crippen LogP contribution in [0, 0.1) is 5.92 Å². The number of aliphatic hydroxyl groups excluding tert-OH is 1. The Morgan fingerprint density at radius 3 is 2.88 bits per heavy atom. The van der Waals surface area contributed by atoms with E-state index in [1.807, 2.05) is 12.1 Å². The van der Waals surface area contributed by atoms with E-state index in [0.717, 1.165) is 36.8 Å². The number of hydrogen-bond acceptors (Lipinski definition) is 3. The Kier molecular flexibility index (Phi) is 2.21. The van der Waals surface area contributed by atoms with Crippen molar-refractivity contribution in [2.45, 2.75) is 31.8 Å². The van der Waals surface area contributed by atoms with Crippen molar-refractivity contribution in [3.8, 4) is 5.75 Å². The molecule has 0 bridgehead atoms. The monoisotopic (exact) mass is 218 g/mol. The van der Waals surface area contributed by atoms with E-state index in [0.29, 0.717) is 5.75 Å². The molecule has 1 aromatic carbocycles. The first-order valence-corrected chi connectivity index (χ1v) is 5.76. The molecule has 1 atom stereocenters. The quantitative estimate of drug-likeness (QED) is 0.610. The summed E-state index contributed by atoms with van der Waals surface area (Å²) in [7, 11) is 0. The van der Waals surface area contributed by atoms with Gasteiger partial charge in [-0.15, -0.1) is 0 Å². The van der Waals surface area contributed by atoms with Gasteiger partial charge in [0.05, 0.1) is 12.0 Å². The highest BCUT2D eigenvalue weighted by Gasteiger charge is 2.32. The van der Waals surface area contributed by atoms with E-state index in [1.54, 1.807) is 6.07 Å². The van der Waals surface area contributed by atoms with Crippen LogP contribution in [0.15, 0.2) is 18.2 Å². The zero-order valence-electron chi connectivity index (χ0n) is 8.98. The van der Waals surface area contributed by atoms with E-state index < -0.39 is 0 Å². The van der Waals surface area contributed by atoms with Crippen LogP contribution in [0.3, 0.4) is 0 Å². The largest absolute Gasteiger partial charge is 0.426 e. The third-order valence-electron chi connectivity index (χ3n) is 3.29. The molecule has 0 aliphatic heterocycles. The van der Waals surface area contributed by atoms with Gasteiger partial charge in [-0.25, -0.2) is 0 Å². The van der Waals surface area contributed by atoms with E-state index in [4.69, 9.17) is 4.74 Å². The summed E-state index contributed by atoms with van der Waals surface area (Å²) in [6.07, 6.45) is 3.22. The molecule has 1 unspecified atom stereocenters. The van der Waals surface area contributed by atoms with Gasteiger partial charge in [0, 0.05) is 0 Å². The number of aliphatic hydroxyl groups is 1. The molecule has 3 rings (SSSR count). The lowest BCUT2D eigenvalue weighted by atomic mass is 10.1. The SMILES string of the molecule is O=C(Oc1ccc2c(c1)CCC2O)C1CC1. The highest BCUT2D eigenvalue weighted by molar-refractivity contribution is 5.77. The molecule has 0 heterocycles. The average molecular weight is 218 g/mol. The Morgan fingerprint density at radius 2 is 2.12 bits per heavy atom. The maximum atomic E-state index is 11.5. The molecule has 0 radical (unpaired) electrons. The van der Waals surface area contributed by atoms with Gasteiger partial charge in [0.15, 0.2) is 0 Å². The number of aryl methyl sites for hydroxylation is 1. The second-order valence-corrected chi connectivity index (χ2v) is 4.61. The van der Waals surface area contributed by atoms with Crippen LogP contribution in [0.1, 0.15) is 36.5 Å². The molecule has 3 nitrogen and oxygen atoms in total. The highest BCUT2D eigenvalue weighted by atomic mass is 16.5. The molecule has 0 saturated heterocycles. The van der Waals surface area contributed by atoms with Crippen LogP contribution < -0.4 is 4.74 Å². The molecule has 1 aromatic rings. The second-order valence-electron chi connectivity index (χ2n) is 4.61. The minimum Gasteiger partial charge on any atom is -0.426 e. The molecule has 3 heteroatoms. The Bertz CT molecular complexity index is 435. The van der Waals surface area contributed by atoms with Crippen molar-refractivity contribution in [1.82, 2.24) is 0 Å². The number of carbonyl (C=O) groups is 1. The summed E-state index contributed by atoms with van der Waals surface area (Å²) in [6.45, 7) is 0. The number of hydrogen-bond donors (Lipinski definition) is 1. The molecule has 16 heavy (non-hydrogen) atoms. The van der Waals surface area contributed by atoms with Crippen LogP contribution in [-0.4, -0.2) is 11.1 Å². The number of benzene rings is 1. The van der Waals surface area contributed by atoms with Gasteiger partial charge in [-0.05, 0) is 48.9 Å². The fourth-order valence-electron chi connectivity index (χ4n) is 2.15. The molecule has 84 valence electrons. The Balaban J connectivity index is 1.79. The predicted octanol–water partition coefficient (Wildman–Crippen LogP) is 1.98. The van der Waals surface area contributed by atoms with Gasteiger partial charge in [-0.2, -0.15) is 0 Å². The Morgan fingerprint density at radius 1 is 1.31 bits per heavy atom. The third kappa shape index (κ3) is 1.71. The van der Waals surface area contributed by atoms with Crippen molar-refractivity contribution in [3.63, 3.8) is 0 Å². The average Bonchev–Trinajstić information content (AvgIpc) is 3.05. The molecule has 1 N–H and O–H groups in total. The van der Waals surface area contributed by atoms with Crippen LogP contribution in [-0.2, 0) is 11.2 Å². The van der Waals surface area contributed by atoms with Crippen LogP contribution >= 0.6 is 0 Å². The summed E-state index contributed by atoms with van der Waals surface area (Å²) < 4.78 is 5.28. The molecule has 1 fully saturated rings. The van der Waals surface area contributed by atoms with Gasteiger partial charge in [0.2, 0.25) is 0 Å². The number of ether oxygens (including phenoxy) is 1. The first-order chi connectivity index (χ1) is 7.74. The van der Waals surface area contributed by atoms with Crippen molar-refractivity contribution in [1.29, 1.82) is 0 Å². The third-order valence-corrected chi connectivity index (χ3v) is 3.29. The number of carbonyl (C=O) groups excluding carboxylic acids is 1. The molecule has 0 aromatic heterocycles. The number of rotatable bonds is 2. The molecule has 2 aliphatic carbocycles. The molecular weight excluding hydrogens is 204 g/mol. The number of esters is 1. The Hall–Kier alpha value is -1.35. The number of fused-ring (bicyclic) bond motifs is 1. The normalized spacial score (nSPS) is 22.9. The molecular formula is C13H14O3. The lowest BCUT2D eigenvalue weighted by molar-refractivity contribution is -0.135. The molecule has 0 spiro atoms. The van der Waals surface area contributed by atoms with Crippen LogP contribution in [0.25, 0.3) is 0 Å². The van der Waals surface area contributed by atoms with Gasteiger partial charge in [0.1, 0.15) is 5.75 Å². The summed E-state index contributed by atoms with van der Waals surface area (Å²) in [5.41, 5.74) is 2.08.